The van der Waals surface area contributed by atoms with Gasteiger partial charge in [0.25, 0.3) is 0 Å². The normalized spacial score (nSPS) is 15.2. The van der Waals surface area contributed by atoms with Gasteiger partial charge in [0.15, 0.2) is 6.20 Å². The van der Waals surface area contributed by atoms with Crippen LogP contribution in [0.5, 0.6) is 0 Å². The van der Waals surface area contributed by atoms with Gasteiger partial charge in [-0.3, -0.25) is 0 Å². The van der Waals surface area contributed by atoms with Crippen LogP contribution in [0.3, 0.4) is 0 Å². The molecule has 3 rings (SSSR count). The first kappa shape index (κ1) is 14.6. The van der Waals surface area contributed by atoms with Gasteiger partial charge in [0.1, 0.15) is 6.54 Å². The van der Waals surface area contributed by atoms with Crippen molar-refractivity contribution in [3.8, 4) is 0 Å². The summed E-state index contributed by atoms with van der Waals surface area (Å²) in [6.07, 6.45) is 8.84. The maximum Gasteiger partial charge on any atom is 0.207 e. The molecule has 0 amide bonds. The fraction of sp³-hybridized carbons (Fsp3) is 0.250. The van der Waals surface area contributed by atoms with Crippen molar-refractivity contribution in [2.75, 3.05) is 11.4 Å². The minimum absolute atomic E-state index is 0.963. The number of benzene rings is 1. The molecule has 0 saturated carbocycles. The van der Waals surface area contributed by atoms with Gasteiger partial charge in [-0.05, 0) is 50.6 Å². The molecule has 0 atom stereocenters. The summed E-state index contributed by atoms with van der Waals surface area (Å²) in [4.78, 5) is 2.38. The number of rotatable bonds is 3. The number of pyridine rings is 1. The van der Waals surface area contributed by atoms with E-state index in [1.165, 1.54) is 28.2 Å². The van der Waals surface area contributed by atoms with Crippen molar-refractivity contribution in [1.82, 2.24) is 0 Å². The van der Waals surface area contributed by atoms with Crippen LogP contribution in [0.4, 0.5) is 5.69 Å². The number of hydrogen-bond acceptors (Lipinski definition) is 1. The maximum absolute atomic E-state index is 2.38. The molecule has 0 unspecified atom stereocenters. The lowest BCUT2D eigenvalue weighted by molar-refractivity contribution is -0.695. The number of aryl methyl sites for hydroxylation is 2. The zero-order chi connectivity index (χ0) is 15.5. The molecule has 2 heterocycles. The second-order valence-electron chi connectivity index (χ2n) is 5.62. The fourth-order valence-electron chi connectivity index (χ4n) is 3.00. The van der Waals surface area contributed by atoms with Crippen molar-refractivity contribution in [3.63, 3.8) is 0 Å². The molecule has 2 nitrogen and oxygen atoms in total. The lowest BCUT2D eigenvalue weighted by Gasteiger charge is -2.29. The van der Waals surface area contributed by atoms with Gasteiger partial charge in [0.05, 0.1) is 0 Å². The Morgan fingerprint density at radius 2 is 1.95 bits per heavy atom. The van der Waals surface area contributed by atoms with Crippen molar-refractivity contribution in [2.24, 2.45) is 0 Å². The number of aromatic nitrogens is 1. The van der Waals surface area contributed by atoms with Crippen LogP contribution >= 0.6 is 0 Å². The largest absolute Gasteiger partial charge is 0.341 e. The summed E-state index contributed by atoms with van der Waals surface area (Å²) < 4.78 is 2.26. The molecule has 1 aliphatic rings. The number of fused-ring (bicyclic) bond motifs is 1. The Morgan fingerprint density at radius 1 is 1.09 bits per heavy atom. The average molecular weight is 291 g/mol. The Balaban J connectivity index is 2.05. The minimum Gasteiger partial charge on any atom is -0.341 e. The summed E-state index contributed by atoms with van der Waals surface area (Å²) in [5.74, 6) is 0. The summed E-state index contributed by atoms with van der Waals surface area (Å²) in [6, 6.07) is 13.0. The van der Waals surface area contributed by atoms with Crippen molar-refractivity contribution < 1.29 is 4.57 Å². The van der Waals surface area contributed by atoms with E-state index in [2.05, 4.69) is 91.1 Å². The smallest absolute Gasteiger partial charge is 0.207 e. The van der Waals surface area contributed by atoms with Crippen LogP contribution < -0.4 is 9.47 Å². The number of hydrogen-bond donors (Lipinski definition) is 0. The second-order valence-corrected chi connectivity index (χ2v) is 5.62. The van der Waals surface area contributed by atoms with Gasteiger partial charge >= 0.3 is 0 Å². The summed E-state index contributed by atoms with van der Waals surface area (Å²) >= 11 is 0. The standard InChI is InChI=1S/C20H23N2/c1-4-21-13-7-6-8-18(21)15-19-11-10-17-14-16(3)9-12-20(17)22(19)5-2/h6-15H,4-5H2,1-3H3/q+1. The molecule has 1 aromatic carbocycles. The van der Waals surface area contributed by atoms with Gasteiger partial charge in [0, 0.05) is 36.1 Å². The molecular formula is C20H23N2+. The minimum atomic E-state index is 0.963. The molecule has 0 fully saturated rings. The van der Waals surface area contributed by atoms with Crippen LogP contribution in [0.1, 0.15) is 30.7 Å². The molecule has 2 heteroatoms. The highest BCUT2D eigenvalue weighted by molar-refractivity contribution is 5.79. The van der Waals surface area contributed by atoms with E-state index in [9.17, 15) is 0 Å². The lowest BCUT2D eigenvalue weighted by atomic mass is 10.0. The second kappa shape index (κ2) is 6.18. The van der Waals surface area contributed by atoms with Crippen LogP contribution in [0, 0.1) is 6.92 Å². The molecular weight excluding hydrogens is 268 g/mol. The van der Waals surface area contributed by atoms with E-state index in [0.717, 1.165) is 13.1 Å². The van der Waals surface area contributed by atoms with Gasteiger partial charge in [-0.25, -0.2) is 0 Å². The average Bonchev–Trinajstić information content (AvgIpc) is 2.55. The van der Waals surface area contributed by atoms with Gasteiger partial charge in [-0.2, -0.15) is 4.57 Å². The molecule has 1 aliphatic heterocycles. The molecule has 1 aromatic heterocycles. The summed E-state index contributed by atoms with van der Waals surface area (Å²) in [5.41, 5.74) is 6.38. The zero-order valence-corrected chi connectivity index (χ0v) is 13.6. The predicted octanol–water partition coefficient (Wildman–Crippen LogP) is 4.20. The monoisotopic (exact) mass is 291 g/mol. The topological polar surface area (TPSA) is 7.12 Å². The van der Waals surface area contributed by atoms with E-state index in [4.69, 9.17) is 0 Å². The Morgan fingerprint density at radius 3 is 2.73 bits per heavy atom. The maximum atomic E-state index is 2.38. The SMILES string of the molecule is CCN1/C(=C/c2cccc[n+]2CC)C=Cc2cc(C)ccc21. The van der Waals surface area contributed by atoms with E-state index < -0.39 is 0 Å². The number of nitrogens with zero attached hydrogens (tertiary/aromatic N) is 2. The van der Waals surface area contributed by atoms with E-state index >= 15 is 0 Å². The van der Waals surface area contributed by atoms with Crippen molar-refractivity contribution >= 4 is 17.8 Å². The molecule has 0 radical (unpaired) electrons. The Labute approximate surface area is 133 Å². The first-order chi connectivity index (χ1) is 10.7. The molecule has 0 saturated heterocycles. The van der Waals surface area contributed by atoms with Crippen molar-refractivity contribution in [3.05, 3.63) is 71.2 Å². The highest BCUT2D eigenvalue weighted by Gasteiger charge is 2.17. The van der Waals surface area contributed by atoms with Gasteiger partial charge in [0.2, 0.25) is 5.69 Å². The van der Waals surface area contributed by atoms with Crippen LogP contribution in [0.25, 0.3) is 12.2 Å². The quantitative estimate of drug-likeness (QED) is 0.769. The molecule has 0 N–H and O–H groups in total. The van der Waals surface area contributed by atoms with Crippen LogP contribution in [-0.2, 0) is 6.54 Å². The number of likely N-dealkylation sites (N-methyl/N-ethyl adjacent to an activating group) is 1. The van der Waals surface area contributed by atoms with Gasteiger partial charge in [-0.1, -0.05) is 17.7 Å². The molecule has 0 spiro atoms. The van der Waals surface area contributed by atoms with Crippen molar-refractivity contribution in [1.29, 1.82) is 0 Å². The van der Waals surface area contributed by atoms with Gasteiger partial charge in [-0.15, -0.1) is 0 Å². The zero-order valence-electron chi connectivity index (χ0n) is 13.6. The third-order valence-electron chi connectivity index (χ3n) is 4.15. The third-order valence-corrected chi connectivity index (χ3v) is 4.15. The Hall–Kier alpha value is -2.35. The van der Waals surface area contributed by atoms with Crippen LogP contribution in [0.2, 0.25) is 0 Å². The molecule has 0 aliphatic carbocycles. The Kier molecular flexibility index (Phi) is 4.10. The summed E-state index contributed by atoms with van der Waals surface area (Å²) in [7, 11) is 0. The molecule has 22 heavy (non-hydrogen) atoms. The lowest BCUT2D eigenvalue weighted by Crippen LogP contribution is -2.35. The third kappa shape index (κ3) is 2.69. The molecule has 2 aromatic rings. The highest BCUT2D eigenvalue weighted by Crippen LogP contribution is 2.31. The van der Waals surface area contributed by atoms with E-state index in [0.29, 0.717) is 0 Å². The molecule has 112 valence electrons. The molecule has 0 bridgehead atoms. The van der Waals surface area contributed by atoms with E-state index in [1.807, 2.05) is 0 Å². The van der Waals surface area contributed by atoms with Crippen LogP contribution in [-0.4, -0.2) is 6.54 Å². The first-order valence-corrected chi connectivity index (χ1v) is 7.99. The van der Waals surface area contributed by atoms with Crippen LogP contribution in [0.15, 0.2) is 54.4 Å². The highest BCUT2D eigenvalue weighted by atomic mass is 15.1. The summed E-state index contributed by atoms with van der Waals surface area (Å²) in [6.45, 7) is 8.46. The first-order valence-electron chi connectivity index (χ1n) is 7.99. The number of allylic oxidation sites excluding steroid dienone is 1. The van der Waals surface area contributed by atoms with Gasteiger partial charge < -0.3 is 4.90 Å². The number of anilines is 1. The fourth-order valence-corrected chi connectivity index (χ4v) is 3.00. The van der Waals surface area contributed by atoms with E-state index in [1.54, 1.807) is 0 Å². The Bertz CT molecular complexity index is 741. The van der Waals surface area contributed by atoms with E-state index in [-0.39, 0.29) is 0 Å². The van der Waals surface area contributed by atoms with Crippen molar-refractivity contribution in [2.45, 2.75) is 27.3 Å². The predicted molar refractivity (Wildman–Crippen MR) is 93.5 cm³/mol. The summed E-state index contributed by atoms with van der Waals surface area (Å²) in [5, 5.41) is 0.